The molecule has 1 saturated heterocycles. The van der Waals surface area contributed by atoms with E-state index >= 15 is 0 Å². The monoisotopic (exact) mass is 246 g/mol. The first-order valence-corrected chi connectivity index (χ1v) is 5.97. The van der Waals surface area contributed by atoms with E-state index in [-0.39, 0.29) is 11.3 Å². The van der Waals surface area contributed by atoms with Crippen LogP contribution in [0.5, 0.6) is 0 Å². The van der Waals surface area contributed by atoms with Gasteiger partial charge in [-0.3, -0.25) is 9.78 Å². The summed E-state index contributed by atoms with van der Waals surface area (Å²) in [5, 5.41) is 0.906. The van der Waals surface area contributed by atoms with E-state index in [1.165, 1.54) is 0 Å². The Hall–Kier alpha value is -1.61. The topological polar surface area (TPSA) is 33.2 Å². The number of aromatic nitrogens is 1. The van der Waals surface area contributed by atoms with Gasteiger partial charge in [0, 0.05) is 24.5 Å². The Labute approximate surface area is 104 Å². The molecule has 3 nitrogen and oxygen atoms in total. The molecule has 1 aliphatic heterocycles. The summed E-state index contributed by atoms with van der Waals surface area (Å²) in [5.41, 5.74) is 1.81. The highest BCUT2D eigenvalue weighted by atomic mass is 35.5. The number of nitrogens with zero attached hydrogens (tertiary/aromatic N) is 2. The summed E-state index contributed by atoms with van der Waals surface area (Å²) in [6.07, 6.45) is 2.17. The molecule has 1 unspecified atom stereocenters. The summed E-state index contributed by atoms with van der Waals surface area (Å²) >= 11 is 6.02. The molecular weight excluding hydrogens is 236 g/mol. The number of anilines is 1. The number of hydrogen-bond acceptors (Lipinski definition) is 2. The van der Waals surface area contributed by atoms with Crippen LogP contribution in [-0.2, 0) is 4.79 Å². The molecule has 0 radical (unpaired) electrons. The number of benzene rings is 1. The van der Waals surface area contributed by atoms with Crippen molar-refractivity contribution in [2.24, 2.45) is 0 Å². The molecule has 1 aliphatic rings. The van der Waals surface area contributed by atoms with E-state index < -0.39 is 0 Å². The van der Waals surface area contributed by atoms with E-state index in [4.69, 9.17) is 11.6 Å². The maximum atomic E-state index is 11.8. The minimum absolute atomic E-state index is 0.0846. The largest absolute Gasteiger partial charge is 0.310 e. The molecule has 4 heteroatoms. The van der Waals surface area contributed by atoms with Crippen LogP contribution in [0.15, 0.2) is 36.5 Å². The van der Waals surface area contributed by atoms with Gasteiger partial charge in [-0.15, -0.1) is 11.6 Å². The first-order valence-electron chi connectivity index (χ1n) is 5.54. The van der Waals surface area contributed by atoms with Crippen molar-refractivity contribution in [3.8, 4) is 0 Å². The predicted octanol–water partition coefficient (Wildman–Crippen LogP) is 2.58. The summed E-state index contributed by atoms with van der Waals surface area (Å²) in [6, 6.07) is 9.66. The van der Waals surface area contributed by atoms with E-state index in [0.717, 1.165) is 16.6 Å². The zero-order valence-corrected chi connectivity index (χ0v) is 9.89. The van der Waals surface area contributed by atoms with Gasteiger partial charge in [0.1, 0.15) is 0 Å². The molecule has 1 amide bonds. The van der Waals surface area contributed by atoms with Crippen molar-refractivity contribution < 1.29 is 4.79 Å². The summed E-state index contributed by atoms with van der Waals surface area (Å²) < 4.78 is 0. The Morgan fingerprint density at radius 1 is 1.29 bits per heavy atom. The Morgan fingerprint density at radius 2 is 2.18 bits per heavy atom. The Bertz CT molecular complexity index is 579. The average Bonchev–Trinajstić information content (AvgIpc) is 2.68. The smallest absolute Gasteiger partial charge is 0.228 e. The van der Waals surface area contributed by atoms with Crippen molar-refractivity contribution in [1.82, 2.24) is 4.98 Å². The van der Waals surface area contributed by atoms with Crippen molar-refractivity contribution >= 4 is 34.1 Å². The molecule has 1 aromatic heterocycles. The van der Waals surface area contributed by atoms with Gasteiger partial charge in [-0.2, -0.15) is 0 Å². The second-order valence-corrected chi connectivity index (χ2v) is 4.77. The number of pyridine rings is 1. The first-order chi connectivity index (χ1) is 8.25. The maximum absolute atomic E-state index is 11.8. The first kappa shape index (κ1) is 10.5. The van der Waals surface area contributed by atoms with Crippen LogP contribution in [0.4, 0.5) is 5.69 Å². The van der Waals surface area contributed by atoms with Gasteiger partial charge in [-0.25, -0.2) is 0 Å². The van der Waals surface area contributed by atoms with Crippen molar-refractivity contribution in [2.75, 3.05) is 11.4 Å². The Balaban J connectivity index is 2.14. The molecule has 0 N–H and O–H groups in total. The Kier molecular flexibility index (Phi) is 2.48. The zero-order valence-electron chi connectivity index (χ0n) is 9.14. The quantitative estimate of drug-likeness (QED) is 0.725. The van der Waals surface area contributed by atoms with Crippen LogP contribution >= 0.6 is 11.6 Å². The van der Waals surface area contributed by atoms with E-state index in [9.17, 15) is 4.79 Å². The van der Waals surface area contributed by atoms with Gasteiger partial charge in [0.25, 0.3) is 0 Å². The summed E-state index contributed by atoms with van der Waals surface area (Å²) in [6.45, 7) is 0.578. The Morgan fingerprint density at radius 3 is 2.94 bits per heavy atom. The summed E-state index contributed by atoms with van der Waals surface area (Å²) in [4.78, 5) is 17.9. The highest BCUT2D eigenvalue weighted by molar-refractivity contribution is 6.24. The third kappa shape index (κ3) is 1.76. The molecule has 1 atom stereocenters. The molecule has 0 spiro atoms. The molecule has 1 fully saturated rings. The van der Waals surface area contributed by atoms with Crippen LogP contribution in [0.3, 0.4) is 0 Å². The van der Waals surface area contributed by atoms with E-state index in [1.807, 2.05) is 30.3 Å². The van der Waals surface area contributed by atoms with Crippen LogP contribution in [0.1, 0.15) is 6.42 Å². The van der Waals surface area contributed by atoms with Crippen LogP contribution in [0.2, 0.25) is 0 Å². The van der Waals surface area contributed by atoms with Gasteiger partial charge >= 0.3 is 0 Å². The fraction of sp³-hybridized carbons (Fsp3) is 0.231. The minimum atomic E-state index is -0.0885. The van der Waals surface area contributed by atoms with Gasteiger partial charge in [0.05, 0.1) is 16.6 Å². The molecule has 3 rings (SSSR count). The summed E-state index contributed by atoms with van der Waals surface area (Å²) in [5.74, 6) is 0.0846. The van der Waals surface area contributed by atoms with Gasteiger partial charge in [0.2, 0.25) is 5.91 Å². The highest BCUT2D eigenvalue weighted by Gasteiger charge is 2.29. The SMILES string of the molecule is O=C1CC(Cl)CN1c1cccc2ncccc12. The number of rotatable bonds is 1. The minimum Gasteiger partial charge on any atom is -0.310 e. The van der Waals surface area contributed by atoms with E-state index in [1.54, 1.807) is 11.1 Å². The van der Waals surface area contributed by atoms with Gasteiger partial charge in [0.15, 0.2) is 0 Å². The van der Waals surface area contributed by atoms with Crippen molar-refractivity contribution in [3.63, 3.8) is 0 Å². The maximum Gasteiger partial charge on any atom is 0.228 e. The lowest BCUT2D eigenvalue weighted by Gasteiger charge is -2.17. The standard InChI is InChI=1S/C13H11ClN2O/c14-9-7-13(17)16(8-9)12-5-1-4-11-10(12)3-2-6-15-11/h1-6,9H,7-8H2. The predicted molar refractivity (Wildman–Crippen MR) is 68.4 cm³/mol. The third-order valence-electron chi connectivity index (χ3n) is 2.99. The second-order valence-electron chi connectivity index (χ2n) is 4.15. The molecule has 0 aliphatic carbocycles. The van der Waals surface area contributed by atoms with Crippen molar-refractivity contribution in [3.05, 3.63) is 36.5 Å². The molecule has 0 bridgehead atoms. The molecule has 0 saturated carbocycles. The van der Waals surface area contributed by atoms with Gasteiger partial charge in [-0.1, -0.05) is 6.07 Å². The fourth-order valence-electron chi connectivity index (χ4n) is 2.22. The molecule has 2 aromatic rings. The zero-order chi connectivity index (χ0) is 11.8. The van der Waals surface area contributed by atoms with E-state index in [0.29, 0.717) is 13.0 Å². The lowest BCUT2D eigenvalue weighted by molar-refractivity contribution is -0.117. The van der Waals surface area contributed by atoms with Crippen LogP contribution < -0.4 is 4.90 Å². The van der Waals surface area contributed by atoms with Crippen LogP contribution in [-0.4, -0.2) is 22.8 Å². The lowest BCUT2D eigenvalue weighted by Crippen LogP contribution is -2.24. The second kappa shape index (κ2) is 4.00. The number of fused-ring (bicyclic) bond motifs is 1. The van der Waals surface area contributed by atoms with Crippen molar-refractivity contribution in [2.45, 2.75) is 11.8 Å². The van der Waals surface area contributed by atoms with Crippen LogP contribution in [0, 0.1) is 0 Å². The molecular formula is C13H11ClN2O. The van der Waals surface area contributed by atoms with Gasteiger partial charge < -0.3 is 4.90 Å². The van der Waals surface area contributed by atoms with Gasteiger partial charge in [-0.05, 0) is 24.3 Å². The molecule has 17 heavy (non-hydrogen) atoms. The summed E-state index contributed by atoms with van der Waals surface area (Å²) in [7, 11) is 0. The number of hydrogen-bond donors (Lipinski definition) is 0. The van der Waals surface area contributed by atoms with Crippen molar-refractivity contribution in [1.29, 1.82) is 0 Å². The fourth-order valence-corrected chi connectivity index (χ4v) is 2.49. The molecule has 2 heterocycles. The molecule has 1 aromatic carbocycles. The number of amides is 1. The third-order valence-corrected chi connectivity index (χ3v) is 3.28. The number of halogens is 1. The number of carbonyl (C=O) groups is 1. The van der Waals surface area contributed by atoms with Crippen LogP contribution in [0.25, 0.3) is 10.9 Å². The number of carbonyl (C=O) groups excluding carboxylic acids is 1. The average molecular weight is 247 g/mol. The van der Waals surface area contributed by atoms with E-state index in [2.05, 4.69) is 4.98 Å². The highest BCUT2D eigenvalue weighted by Crippen LogP contribution is 2.30. The lowest BCUT2D eigenvalue weighted by atomic mass is 10.1. The number of alkyl halides is 1. The normalized spacial score (nSPS) is 20.2. The molecule has 86 valence electrons.